The molecule has 3 aromatic rings. The van der Waals surface area contributed by atoms with Crippen LogP contribution in [0.25, 0.3) is 10.9 Å². The van der Waals surface area contributed by atoms with Crippen LogP contribution in [0.15, 0.2) is 83.3 Å². The Morgan fingerprint density at radius 2 is 1.81 bits per heavy atom. The number of methoxy groups -OCH3 is 1. The largest absolute Gasteiger partial charge is 0.497 e. The number of allylic oxidation sites excluding steroid dienone is 3. The van der Waals surface area contributed by atoms with E-state index >= 15 is 0 Å². The summed E-state index contributed by atoms with van der Waals surface area (Å²) >= 11 is 0. The van der Waals surface area contributed by atoms with Crippen molar-refractivity contribution in [2.75, 3.05) is 12.0 Å². The second-order valence-corrected chi connectivity index (χ2v) is 10.4. The lowest BCUT2D eigenvalue weighted by molar-refractivity contribution is -0.121. The van der Waals surface area contributed by atoms with Gasteiger partial charge in [-0.3, -0.25) is 19.3 Å². The topological polar surface area (TPSA) is 68.6 Å². The van der Waals surface area contributed by atoms with Gasteiger partial charge in [-0.1, -0.05) is 38.1 Å². The number of rotatable bonds is 5. The first kappa shape index (κ1) is 23.8. The number of para-hydroxylation sites is 1. The summed E-state index contributed by atoms with van der Waals surface area (Å²) in [4.78, 5) is 42.8. The van der Waals surface area contributed by atoms with Gasteiger partial charge in [-0.2, -0.15) is 0 Å². The average molecular weight is 483 g/mol. The van der Waals surface area contributed by atoms with E-state index in [1.807, 2.05) is 68.4 Å². The van der Waals surface area contributed by atoms with Gasteiger partial charge in [0.2, 0.25) is 5.91 Å². The van der Waals surface area contributed by atoms with Gasteiger partial charge < -0.3 is 9.30 Å². The van der Waals surface area contributed by atoms with Gasteiger partial charge in [0.25, 0.3) is 5.56 Å². The molecule has 1 aliphatic heterocycles. The van der Waals surface area contributed by atoms with Gasteiger partial charge in [-0.05, 0) is 48.2 Å². The molecule has 0 saturated heterocycles. The van der Waals surface area contributed by atoms with Crippen molar-refractivity contribution in [2.45, 2.75) is 45.6 Å². The van der Waals surface area contributed by atoms with Crippen molar-refractivity contribution in [3.8, 4) is 5.75 Å². The Morgan fingerprint density at radius 3 is 2.50 bits per heavy atom. The molecular weight excluding hydrogens is 452 g/mol. The predicted molar refractivity (Wildman–Crippen MR) is 141 cm³/mol. The maximum absolute atomic E-state index is 13.8. The molecule has 1 amide bonds. The number of aromatic nitrogens is 1. The maximum atomic E-state index is 13.8. The van der Waals surface area contributed by atoms with Crippen LogP contribution in [0.4, 0.5) is 5.69 Å². The van der Waals surface area contributed by atoms with Crippen LogP contribution >= 0.6 is 0 Å². The van der Waals surface area contributed by atoms with Crippen molar-refractivity contribution in [1.29, 1.82) is 0 Å². The summed E-state index contributed by atoms with van der Waals surface area (Å²) in [5.41, 5.74) is 2.76. The Hall–Kier alpha value is -3.93. The Morgan fingerprint density at radius 1 is 1.06 bits per heavy atom. The first-order valence-electron chi connectivity index (χ1n) is 12.2. The van der Waals surface area contributed by atoms with Crippen LogP contribution in [-0.4, -0.2) is 23.4 Å². The fourth-order valence-electron chi connectivity index (χ4n) is 5.63. The van der Waals surface area contributed by atoms with E-state index in [1.54, 1.807) is 22.7 Å². The molecule has 0 N–H and O–H groups in total. The minimum absolute atomic E-state index is 0.0000842. The highest BCUT2D eigenvalue weighted by Gasteiger charge is 2.45. The number of ether oxygens (including phenoxy) is 1. The molecule has 1 atom stereocenters. The number of nitrogens with zero attached hydrogens (tertiary/aromatic N) is 2. The van der Waals surface area contributed by atoms with Gasteiger partial charge in [-0.25, -0.2) is 0 Å². The Bertz CT molecular complexity index is 1480. The SMILES string of the molecule is C=CCn1c(=O)c(C2CC(=O)N(c3ccccc3)C3=C2C(=O)CC(C)(C)C3)cc2cc(OC)ccc21. The maximum Gasteiger partial charge on any atom is 0.255 e. The Labute approximate surface area is 210 Å². The molecule has 2 aliphatic rings. The number of pyridine rings is 1. The molecule has 6 nitrogen and oxygen atoms in total. The highest BCUT2D eigenvalue weighted by atomic mass is 16.5. The quantitative estimate of drug-likeness (QED) is 0.459. The van der Waals surface area contributed by atoms with Gasteiger partial charge in [0.05, 0.1) is 12.6 Å². The van der Waals surface area contributed by atoms with Crippen LogP contribution in [0.3, 0.4) is 0 Å². The third-order valence-corrected chi connectivity index (χ3v) is 7.17. The van der Waals surface area contributed by atoms with E-state index in [2.05, 4.69) is 6.58 Å². The molecule has 1 unspecified atom stereocenters. The normalized spacial score (nSPS) is 19.4. The monoisotopic (exact) mass is 482 g/mol. The number of carbonyl (C=O) groups excluding carboxylic acids is 2. The highest BCUT2D eigenvalue weighted by molar-refractivity contribution is 6.08. The van der Waals surface area contributed by atoms with E-state index in [0.29, 0.717) is 42.0 Å². The van der Waals surface area contributed by atoms with Gasteiger partial charge in [0.15, 0.2) is 5.78 Å². The second kappa shape index (κ2) is 8.94. The summed E-state index contributed by atoms with van der Waals surface area (Å²) in [5.74, 6) is -0.0474. The summed E-state index contributed by atoms with van der Waals surface area (Å²) in [6.07, 6.45) is 2.69. The number of fused-ring (bicyclic) bond motifs is 1. The third kappa shape index (κ3) is 3.96. The standard InChI is InChI=1S/C30H30N2O4/c1-5-13-31-24-12-11-21(36-4)14-19(24)15-23(29(31)35)22-16-27(34)32(20-9-7-6-8-10-20)25-17-30(2,3)18-26(33)28(22)25/h5-12,14-15,22H,1,13,16-18H2,2-4H3. The minimum atomic E-state index is -0.602. The lowest BCUT2D eigenvalue weighted by Gasteiger charge is -2.42. The minimum Gasteiger partial charge on any atom is -0.497 e. The number of carbonyl (C=O) groups is 2. The van der Waals surface area contributed by atoms with Gasteiger partial charge in [0.1, 0.15) is 5.75 Å². The van der Waals surface area contributed by atoms with E-state index in [-0.39, 0.29) is 29.1 Å². The summed E-state index contributed by atoms with van der Waals surface area (Å²) < 4.78 is 7.07. The first-order chi connectivity index (χ1) is 17.2. The van der Waals surface area contributed by atoms with Crippen molar-refractivity contribution in [1.82, 2.24) is 4.57 Å². The fourth-order valence-corrected chi connectivity index (χ4v) is 5.63. The molecule has 0 fully saturated rings. The molecule has 0 saturated carbocycles. The molecule has 1 aliphatic carbocycles. The van der Waals surface area contributed by atoms with Crippen LogP contribution in [-0.2, 0) is 16.1 Å². The van der Waals surface area contributed by atoms with Crippen molar-refractivity contribution in [3.05, 3.63) is 94.4 Å². The fraction of sp³-hybridized carbons (Fsp3) is 0.300. The Balaban J connectivity index is 1.77. The van der Waals surface area contributed by atoms with Crippen molar-refractivity contribution in [3.63, 3.8) is 0 Å². The molecule has 6 heteroatoms. The smallest absolute Gasteiger partial charge is 0.255 e. The summed E-state index contributed by atoms with van der Waals surface area (Å²) in [6, 6.07) is 16.8. The van der Waals surface area contributed by atoms with Crippen molar-refractivity contribution < 1.29 is 14.3 Å². The first-order valence-corrected chi connectivity index (χ1v) is 12.2. The number of hydrogen-bond acceptors (Lipinski definition) is 4. The summed E-state index contributed by atoms with van der Waals surface area (Å²) in [6.45, 7) is 8.23. The number of ketones is 1. The molecule has 2 heterocycles. The number of Topliss-reactive ketones (excluding diaryl/α,β-unsaturated/α-hetero) is 1. The highest BCUT2D eigenvalue weighted by Crippen LogP contribution is 2.48. The van der Waals surface area contributed by atoms with Gasteiger partial charge in [-0.15, -0.1) is 6.58 Å². The van der Waals surface area contributed by atoms with E-state index in [1.165, 1.54) is 0 Å². The van der Waals surface area contributed by atoms with Gasteiger partial charge >= 0.3 is 0 Å². The van der Waals surface area contributed by atoms with E-state index in [9.17, 15) is 14.4 Å². The third-order valence-electron chi connectivity index (χ3n) is 7.17. The molecule has 2 aromatic carbocycles. The predicted octanol–water partition coefficient (Wildman–Crippen LogP) is 5.36. The number of amides is 1. The second-order valence-electron chi connectivity index (χ2n) is 10.4. The van der Waals surface area contributed by atoms with Crippen LogP contribution < -0.4 is 15.2 Å². The summed E-state index contributed by atoms with van der Waals surface area (Å²) in [5, 5.41) is 0.814. The van der Waals surface area contributed by atoms with Crippen LogP contribution in [0, 0.1) is 5.41 Å². The lowest BCUT2D eigenvalue weighted by Crippen LogP contribution is -2.44. The van der Waals surface area contributed by atoms with E-state index in [0.717, 1.165) is 16.6 Å². The zero-order valence-electron chi connectivity index (χ0n) is 20.9. The van der Waals surface area contributed by atoms with E-state index < -0.39 is 5.92 Å². The molecule has 184 valence electrons. The van der Waals surface area contributed by atoms with Crippen molar-refractivity contribution >= 4 is 28.3 Å². The zero-order valence-corrected chi connectivity index (χ0v) is 20.9. The number of benzene rings is 2. The number of anilines is 1. The van der Waals surface area contributed by atoms with Crippen LogP contribution in [0.1, 0.15) is 44.6 Å². The zero-order chi connectivity index (χ0) is 25.6. The Kier molecular flexibility index (Phi) is 5.91. The number of hydrogen-bond donors (Lipinski definition) is 0. The van der Waals surface area contributed by atoms with Crippen LogP contribution in [0.2, 0.25) is 0 Å². The van der Waals surface area contributed by atoms with Gasteiger partial charge in [0, 0.05) is 53.2 Å². The summed E-state index contributed by atoms with van der Waals surface area (Å²) in [7, 11) is 1.60. The lowest BCUT2D eigenvalue weighted by atomic mass is 9.69. The molecule has 0 bridgehead atoms. The molecule has 5 rings (SSSR count). The van der Waals surface area contributed by atoms with Crippen LogP contribution in [0.5, 0.6) is 5.75 Å². The van der Waals surface area contributed by atoms with Crippen molar-refractivity contribution in [2.24, 2.45) is 5.41 Å². The molecule has 36 heavy (non-hydrogen) atoms. The molecule has 0 spiro atoms. The average Bonchev–Trinajstić information content (AvgIpc) is 2.84. The molecule has 1 aromatic heterocycles. The molecule has 0 radical (unpaired) electrons. The van der Waals surface area contributed by atoms with E-state index in [4.69, 9.17) is 4.74 Å². The molecular formula is C30H30N2O4.